The van der Waals surface area contributed by atoms with Crippen molar-refractivity contribution in [2.45, 2.75) is 58.2 Å². The molecule has 3 aliphatic rings. The van der Waals surface area contributed by atoms with Gasteiger partial charge in [0.2, 0.25) is 5.91 Å². The van der Waals surface area contributed by atoms with E-state index in [1.165, 1.54) is 19.3 Å². The minimum Gasteiger partial charge on any atom is -0.304 e. The van der Waals surface area contributed by atoms with Crippen molar-refractivity contribution in [1.29, 1.82) is 0 Å². The number of nitrogens with zero attached hydrogens (tertiary/aromatic N) is 1. The van der Waals surface area contributed by atoms with E-state index < -0.39 is 0 Å². The van der Waals surface area contributed by atoms with Crippen molar-refractivity contribution in [3.05, 3.63) is 0 Å². The highest BCUT2D eigenvalue weighted by Gasteiger charge is 2.53. The monoisotopic (exact) mass is 280 g/mol. The van der Waals surface area contributed by atoms with E-state index in [1.807, 2.05) is 0 Å². The van der Waals surface area contributed by atoms with Crippen LogP contribution < -0.4 is 5.32 Å². The lowest BCUT2D eigenvalue weighted by Crippen LogP contribution is -2.29. The van der Waals surface area contributed by atoms with Crippen LogP contribution in [0.5, 0.6) is 0 Å². The Labute approximate surface area is 120 Å². The highest BCUT2D eigenvalue weighted by molar-refractivity contribution is 8.15. The number of amidine groups is 1. The highest BCUT2D eigenvalue weighted by Crippen LogP contribution is 2.58. The van der Waals surface area contributed by atoms with Crippen molar-refractivity contribution >= 4 is 22.8 Å². The van der Waals surface area contributed by atoms with Gasteiger partial charge >= 0.3 is 0 Å². The first kappa shape index (κ1) is 13.5. The van der Waals surface area contributed by atoms with Crippen LogP contribution in [0.1, 0.15) is 47.0 Å². The van der Waals surface area contributed by atoms with Crippen LogP contribution in [-0.4, -0.2) is 22.4 Å². The predicted molar refractivity (Wildman–Crippen MR) is 80.2 cm³/mol. The third kappa shape index (κ3) is 2.12. The number of rotatable bonds is 2. The Morgan fingerprint density at radius 1 is 1.37 bits per heavy atom. The second-order valence-electron chi connectivity index (χ2n) is 7.21. The lowest BCUT2D eigenvalue weighted by atomic mass is 9.81. The van der Waals surface area contributed by atoms with E-state index in [0.29, 0.717) is 23.3 Å². The predicted octanol–water partition coefficient (Wildman–Crippen LogP) is 3.05. The molecule has 0 aromatic carbocycles. The maximum absolute atomic E-state index is 11.9. The Balaban J connectivity index is 1.73. The molecule has 1 heterocycles. The smallest absolute Gasteiger partial charge is 0.239 e. The molecule has 0 aromatic rings. The summed E-state index contributed by atoms with van der Waals surface area (Å²) in [6, 6.07) is 0.433. The molecule has 3 nitrogen and oxygen atoms in total. The largest absolute Gasteiger partial charge is 0.304 e. The Kier molecular flexibility index (Phi) is 3.19. The van der Waals surface area contributed by atoms with Gasteiger partial charge in [0, 0.05) is 0 Å². The number of thioether (sulfide) groups is 1. The molecule has 2 saturated carbocycles. The van der Waals surface area contributed by atoms with E-state index in [0.717, 1.165) is 11.1 Å². The number of aliphatic imine (C=N–C) groups is 1. The van der Waals surface area contributed by atoms with Crippen LogP contribution in [0, 0.1) is 23.2 Å². The van der Waals surface area contributed by atoms with E-state index in [2.05, 4.69) is 33.0 Å². The molecule has 0 radical (unpaired) electrons. The Morgan fingerprint density at radius 3 is 2.58 bits per heavy atom. The topological polar surface area (TPSA) is 41.5 Å². The summed E-state index contributed by atoms with van der Waals surface area (Å²) in [5.41, 5.74) is 0.444. The number of hydrogen-bond acceptors (Lipinski definition) is 3. The van der Waals surface area contributed by atoms with Crippen LogP contribution in [0.15, 0.2) is 4.99 Å². The molecule has 1 N–H and O–H groups in total. The minimum atomic E-state index is 0.0466. The molecule has 2 bridgehead atoms. The van der Waals surface area contributed by atoms with Gasteiger partial charge in [-0.25, -0.2) is 0 Å². The average Bonchev–Trinajstić information content (AvgIpc) is 2.89. The van der Waals surface area contributed by atoms with Gasteiger partial charge in [0.25, 0.3) is 0 Å². The molecular formula is C15H24N2OS. The minimum absolute atomic E-state index is 0.0466. The van der Waals surface area contributed by atoms with Gasteiger partial charge in [-0.15, -0.1) is 0 Å². The van der Waals surface area contributed by atoms with Gasteiger partial charge in [-0.05, 0) is 42.4 Å². The van der Waals surface area contributed by atoms with Gasteiger partial charge in [-0.3, -0.25) is 9.79 Å². The zero-order valence-electron chi connectivity index (χ0n) is 12.3. The number of carbonyl (C=O) groups is 1. The maximum atomic E-state index is 11.9. The molecule has 3 rings (SSSR count). The van der Waals surface area contributed by atoms with Crippen molar-refractivity contribution in [3.63, 3.8) is 0 Å². The van der Waals surface area contributed by atoms with Gasteiger partial charge in [0.05, 0.1) is 11.3 Å². The molecule has 4 atom stereocenters. The van der Waals surface area contributed by atoms with Crippen molar-refractivity contribution in [2.75, 3.05) is 0 Å². The number of carbonyl (C=O) groups excluding carboxylic acids is 1. The molecule has 4 heteroatoms. The second-order valence-corrected chi connectivity index (χ2v) is 8.34. The molecule has 0 spiro atoms. The average molecular weight is 280 g/mol. The van der Waals surface area contributed by atoms with Crippen LogP contribution in [0.25, 0.3) is 0 Å². The van der Waals surface area contributed by atoms with Crippen molar-refractivity contribution in [3.8, 4) is 0 Å². The van der Waals surface area contributed by atoms with Crippen molar-refractivity contribution in [2.24, 2.45) is 28.2 Å². The molecular weight excluding hydrogens is 256 g/mol. The zero-order chi connectivity index (χ0) is 13.8. The van der Waals surface area contributed by atoms with Crippen LogP contribution in [0.2, 0.25) is 0 Å². The second kappa shape index (κ2) is 4.51. The third-order valence-corrected chi connectivity index (χ3v) is 6.88. The Hall–Kier alpha value is -0.510. The number of amides is 1. The lowest BCUT2D eigenvalue weighted by Gasteiger charge is -2.24. The standard InChI is InChI=1S/C15H24N2OS/c1-8(2)12-13(18)17-14(19-12)16-11-7-9-5-6-10(11)15(9,3)4/h8-12H,5-7H2,1-4H3,(H,16,17,18)/t9-,10+,11-,12?/m1/s1. The molecule has 1 aliphatic heterocycles. The van der Waals surface area contributed by atoms with Gasteiger partial charge < -0.3 is 5.32 Å². The number of fused-ring (bicyclic) bond motifs is 2. The normalized spacial score (nSPS) is 42.4. The SMILES string of the molecule is CC(C)C1SC(=N[C@@H]2C[C@H]3CC[C@@H]2C3(C)C)NC1=O. The Bertz CT molecular complexity index is 430. The van der Waals surface area contributed by atoms with Gasteiger partial charge in [-0.2, -0.15) is 0 Å². The fourth-order valence-electron chi connectivity index (χ4n) is 4.17. The van der Waals surface area contributed by atoms with E-state index in [9.17, 15) is 4.79 Å². The molecule has 19 heavy (non-hydrogen) atoms. The Morgan fingerprint density at radius 2 is 2.11 bits per heavy atom. The molecule has 106 valence electrons. The fourth-order valence-corrected chi connectivity index (χ4v) is 5.20. The summed E-state index contributed by atoms with van der Waals surface area (Å²) in [6.07, 6.45) is 3.89. The summed E-state index contributed by atoms with van der Waals surface area (Å²) in [5.74, 6) is 2.05. The molecule has 1 amide bonds. The fraction of sp³-hybridized carbons (Fsp3) is 0.867. The first-order valence-electron chi connectivity index (χ1n) is 7.45. The summed E-state index contributed by atoms with van der Waals surface area (Å²) in [4.78, 5) is 16.8. The van der Waals surface area contributed by atoms with Gasteiger partial charge in [-0.1, -0.05) is 39.5 Å². The van der Waals surface area contributed by atoms with E-state index >= 15 is 0 Å². The van der Waals surface area contributed by atoms with Crippen molar-refractivity contribution < 1.29 is 4.79 Å². The van der Waals surface area contributed by atoms with Crippen LogP contribution in [0.3, 0.4) is 0 Å². The van der Waals surface area contributed by atoms with E-state index in [1.54, 1.807) is 11.8 Å². The zero-order valence-corrected chi connectivity index (χ0v) is 13.1. The van der Waals surface area contributed by atoms with E-state index in [-0.39, 0.29) is 11.2 Å². The first-order valence-corrected chi connectivity index (χ1v) is 8.33. The van der Waals surface area contributed by atoms with Gasteiger partial charge in [0.15, 0.2) is 5.17 Å². The molecule has 2 aliphatic carbocycles. The summed E-state index contributed by atoms with van der Waals surface area (Å²) in [6.45, 7) is 8.99. The summed E-state index contributed by atoms with van der Waals surface area (Å²) >= 11 is 1.63. The maximum Gasteiger partial charge on any atom is 0.239 e. The van der Waals surface area contributed by atoms with Crippen LogP contribution >= 0.6 is 11.8 Å². The van der Waals surface area contributed by atoms with Crippen LogP contribution in [-0.2, 0) is 4.79 Å². The molecule has 1 saturated heterocycles. The van der Waals surface area contributed by atoms with Crippen molar-refractivity contribution in [1.82, 2.24) is 5.32 Å². The quantitative estimate of drug-likeness (QED) is 0.844. The summed E-state index contributed by atoms with van der Waals surface area (Å²) in [7, 11) is 0. The summed E-state index contributed by atoms with van der Waals surface area (Å²) in [5, 5.41) is 3.89. The lowest BCUT2D eigenvalue weighted by molar-refractivity contribution is -0.119. The first-order chi connectivity index (χ1) is 8.89. The number of nitrogens with one attached hydrogen (secondary N) is 1. The molecule has 1 unspecified atom stereocenters. The number of hydrogen-bond donors (Lipinski definition) is 1. The third-order valence-electron chi connectivity index (χ3n) is 5.44. The summed E-state index contributed by atoms with van der Waals surface area (Å²) < 4.78 is 0. The van der Waals surface area contributed by atoms with E-state index in [4.69, 9.17) is 4.99 Å². The highest BCUT2D eigenvalue weighted by atomic mass is 32.2. The molecule has 3 fully saturated rings. The van der Waals surface area contributed by atoms with Crippen LogP contribution in [0.4, 0.5) is 0 Å². The van der Waals surface area contributed by atoms with Gasteiger partial charge in [0.1, 0.15) is 0 Å². The molecule has 0 aromatic heterocycles.